The Morgan fingerprint density at radius 2 is 2.00 bits per heavy atom. The lowest BCUT2D eigenvalue weighted by molar-refractivity contribution is -0.136. The first-order valence-electron chi connectivity index (χ1n) is 6.00. The molecular weight excluding hydrogens is 276 g/mol. The van der Waals surface area contributed by atoms with Crippen LogP contribution in [0, 0.1) is 0 Å². The quantitative estimate of drug-likeness (QED) is 0.909. The van der Waals surface area contributed by atoms with Gasteiger partial charge in [0.25, 0.3) is 5.92 Å². The summed E-state index contributed by atoms with van der Waals surface area (Å²) in [5.74, 6) is -2.89. The van der Waals surface area contributed by atoms with Crippen molar-refractivity contribution in [2.24, 2.45) is 0 Å². The number of benzene rings is 1. The molecule has 0 radical (unpaired) electrons. The number of piperidine rings is 1. The van der Waals surface area contributed by atoms with Crippen molar-refractivity contribution in [3.8, 4) is 5.75 Å². The molecule has 0 aliphatic carbocycles. The minimum atomic E-state index is -2.67. The zero-order chi connectivity index (χ0) is 14.0. The molecule has 1 amide bonds. The lowest BCUT2D eigenvalue weighted by Crippen LogP contribution is -2.43. The summed E-state index contributed by atoms with van der Waals surface area (Å²) in [5.41, 5.74) is 0.504. The zero-order valence-corrected chi connectivity index (χ0v) is 11.0. The number of carbonyl (C=O) groups excluding carboxylic acids is 1. The highest BCUT2D eigenvalue weighted by Crippen LogP contribution is 2.28. The second kappa shape index (κ2) is 5.33. The Hall–Kier alpha value is -1.36. The van der Waals surface area contributed by atoms with Crippen molar-refractivity contribution < 1.29 is 18.7 Å². The number of aromatic hydroxyl groups is 1. The van der Waals surface area contributed by atoms with E-state index in [0.29, 0.717) is 10.6 Å². The molecule has 19 heavy (non-hydrogen) atoms. The molecule has 1 heterocycles. The Morgan fingerprint density at radius 3 is 2.63 bits per heavy atom. The van der Waals surface area contributed by atoms with Gasteiger partial charge in [-0.05, 0) is 23.8 Å². The summed E-state index contributed by atoms with van der Waals surface area (Å²) in [4.78, 5) is 13.4. The minimum absolute atomic E-state index is 0.0127. The third-order valence-corrected chi connectivity index (χ3v) is 3.59. The van der Waals surface area contributed by atoms with E-state index in [2.05, 4.69) is 0 Å². The molecule has 1 aromatic carbocycles. The third-order valence-electron chi connectivity index (χ3n) is 3.22. The summed E-state index contributed by atoms with van der Waals surface area (Å²) < 4.78 is 26.0. The second-order valence-corrected chi connectivity index (χ2v) is 5.10. The van der Waals surface area contributed by atoms with Crippen LogP contribution >= 0.6 is 11.6 Å². The van der Waals surface area contributed by atoms with Crippen LogP contribution in [-0.2, 0) is 11.2 Å². The van der Waals surface area contributed by atoms with Crippen LogP contribution in [0.25, 0.3) is 0 Å². The van der Waals surface area contributed by atoms with Gasteiger partial charge in [-0.2, -0.15) is 0 Å². The van der Waals surface area contributed by atoms with Crippen LogP contribution in [0.15, 0.2) is 18.2 Å². The van der Waals surface area contributed by atoms with Gasteiger partial charge in [0.2, 0.25) is 5.91 Å². The van der Waals surface area contributed by atoms with Crippen molar-refractivity contribution in [1.82, 2.24) is 4.90 Å². The zero-order valence-electron chi connectivity index (χ0n) is 10.2. The number of alkyl halides is 2. The molecule has 0 unspecified atom stereocenters. The maximum absolute atomic E-state index is 13.0. The summed E-state index contributed by atoms with van der Waals surface area (Å²) in [5, 5.41) is 9.73. The van der Waals surface area contributed by atoms with Gasteiger partial charge >= 0.3 is 0 Å². The van der Waals surface area contributed by atoms with Crippen molar-refractivity contribution in [2.75, 3.05) is 13.1 Å². The van der Waals surface area contributed by atoms with Crippen LogP contribution in [0.5, 0.6) is 5.75 Å². The summed E-state index contributed by atoms with van der Waals surface area (Å²) in [6, 6.07) is 4.35. The average molecular weight is 290 g/mol. The number of carbonyl (C=O) groups is 1. The van der Waals surface area contributed by atoms with Crippen molar-refractivity contribution in [2.45, 2.75) is 25.2 Å². The smallest absolute Gasteiger partial charge is 0.251 e. The van der Waals surface area contributed by atoms with E-state index in [1.165, 1.54) is 23.1 Å². The predicted octanol–water partition coefficient (Wildman–Crippen LogP) is 2.85. The largest absolute Gasteiger partial charge is 0.508 e. The maximum Gasteiger partial charge on any atom is 0.251 e. The van der Waals surface area contributed by atoms with Crippen LogP contribution in [0.3, 0.4) is 0 Å². The highest BCUT2D eigenvalue weighted by atomic mass is 35.5. The van der Waals surface area contributed by atoms with E-state index in [9.17, 15) is 18.7 Å². The molecule has 1 aliphatic rings. The normalized spacial score (nSPS) is 18.4. The molecule has 1 aliphatic heterocycles. The fraction of sp³-hybridized carbons (Fsp3) is 0.462. The molecule has 2 rings (SSSR count). The molecule has 1 aromatic rings. The summed E-state index contributed by atoms with van der Waals surface area (Å²) in [6.07, 6.45) is -0.585. The number of phenolic OH excluding ortho intramolecular Hbond substituents is 1. The lowest BCUT2D eigenvalue weighted by atomic mass is 10.1. The summed E-state index contributed by atoms with van der Waals surface area (Å²) >= 11 is 5.92. The van der Waals surface area contributed by atoms with E-state index in [0.717, 1.165) is 0 Å². The molecular formula is C13H14ClF2NO2. The van der Waals surface area contributed by atoms with Crippen LogP contribution in [0.2, 0.25) is 5.02 Å². The highest BCUT2D eigenvalue weighted by Gasteiger charge is 2.35. The van der Waals surface area contributed by atoms with E-state index in [-0.39, 0.29) is 44.0 Å². The summed E-state index contributed by atoms with van der Waals surface area (Å²) in [6.45, 7) is 0.116. The van der Waals surface area contributed by atoms with Crippen LogP contribution < -0.4 is 0 Å². The van der Waals surface area contributed by atoms with E-state index in [1.54, 1.807) is 0 Å². The predicted molar refractivity (Wildman–Crippen MR) is 67.6 cm³/mol. The minimum Gasteiger partial charge on any atom is -0.508 e. The maximum atomic E-state index is 13.0. The molecule has 0 saturated carbocycles. The van der Waals surface area contributed by atoms with Crippen LogP contribution in [0.1, 0.15) is 18.4 Å². The van der Waals surface area contributed by atoms with Crippen molar-refractivity contribution in [1.29, 1.82) is 0 Å². The molecule has 0 bridgehead atoms. The number of phenols is 1. The Bertz CT molecular complexity index is 484. The first-order chi connectivity index (χ1) is 8.87. The van der Waals surface area contributed by atoms with Crippen molar-refractivity contribution in [3.63, 3.8) is 0 Å². The van der Waals surface area contributed by atoms with Gasteiger partial charge in [0.1, 0.15) is 5.75 Å². The topological polar surface area (TPSA) is 40.5 Å². The molecule has 3 nitrogen and oxygen atoms in total. The Kier molecular flexibility index (Phi) is 3.94. The molecule has 0 spiro atoms. The molecule has 1 saturated heterocycles. The Morgan fingerprint density at radius 1 is 1.37 bits per heavy atom. The lowest BCUT2D eigenvalue weighted by Gasteiger charge is -2.31. The fourth-order valence-corrected chi connectivity index (χ4v) is 2.24. The summed E-state index contributed by atoms with van der Waals surface area (Å²) in [7, 11) is 0. The van der Waals surface area contributed by atoms with E-state index in [4.69, 9.17) is 11.6 Å². The molecule has 6 heteroatoms. The van der Waals surface area contributed by atoms with Gasteiger partial charge in [0.05, 0.1) is 6.42 Å². The Balaban J connectivity index is 2.00. The van der Waals surface area contributed by atoms with Crippen LogP contribution in [0.4, 0.5) is 8.78 Å². The number of rotatable bonds is 2. The van der Waals surface area contributed by atoms with E-state index >= 15 is 0 Å². The SMILES string of the molecule is O=C(Cc1cc(O)ccc1Cl)N1CCC(F)(F)CC1. The number of likely N-dealkylation sites (tertiary alicyclic amines) is 1. The number of nitrogens with zero attached hydrogens (tertiary/aromatic N) is 1. The van der Waals surface area contributed by atoms with Crippen LogP contribution in [-0.4, -0.2) is 34.9 Å². The molecule has 1 fully saturated rings. The van der Waals surface area contributed by atoms with Gasteiger partial charge in [-0.25, -0.2) is 8.78 Å². The second-order valence-electron chi connectivity index (χ2n) is 4.69. The van der Waals surface area contributed by atoms with Gasteiger partial charge in [0, 0.05) is 31.0 Å². The third kappa shape index (κ3) is 3.56. The van der Waals surface area contributed by atoms with Crippen molar-refractivity contribution in [3.05, 3.63) is 28.8 Å². The first-order valence-corrected chi connectivity index (χ1v) is 6.38. The van der Waals surface area contributed by atoms with Gasteiger partial charge in [0.15, 0.2) is 0 Å². The number of hydrogen-bond donors (Lipinski definition) is 1. The number of hydrogen-bond acceptors (Lipinski definition) is 2. The average Bonchev–Trinajstić information content (AvgIpc) is 2.33. The van der Waals surface area contributed by atoms with E-state index in [1.807, 2.05) is 0 Å². The van der Waals surface area contributed by atoms with Gasteiger partial charge in [-0.15, -0.1) is 0 Å². The molecule has 104 valence electrons. The van der Waals surface area contributed by atoms with Crippen molar-refractivity contribution >= 4 is 17.5 Å². The Labute approximate surface area is 114 Å². The van der Waals surface area contributed by atoms with Gasteiger partial charge in [-0.1, -0.05) is 11.6 Å². The number of halogens is 3. The fourth-order valence-electron chi connectivity index (χ4n) is 2.05. The highest BCUT2D eigenvalue weighted by molar-refractivity contribution is 6.31. The first kappa shape index (κ1) is 14.1. The van der Waals surface area contributed by atoms with E-state index < -0.39 is 5.92 Å². The standard InChI is InChI=1S/C13H14ClF2NO2/c14-11-2-1-10(18)7-9(11)8-12(19)17-5-3-13(15,16)4-6-17/h1-2,7,18H,3-6,8H2. The van der Waals surface area contributed by atoms with Gasteiger partial charge < -0.3 is 10.0 Å². The monoisotopic (exact) mass is 289 g/mol. The molecule has 0 aromatic heterocycles. The molecule has 1 N–H and O–H groups in total. The van der Waals surface area contributed by atoms with Gasteiger partial charge in [-0.3, -0.25) is 4.79 Å². The molecule has 0 atom stereocenters. The number of amides is 1.